The van der Waals surface area contributed by atoms with E-state index in [-0.39, 0.29) is 5.56 Å². The molecule has 3 aromatic rings. The van der Waals surface area contributed by atoms with Crippen molar-refractivity contribution in [3.05, 3.63) is 51.9 Å². The maximum atomic E-state index is 12.7. The number of quaternary nitrogens is 1. The third-order valence-electron chi connectivity index (χ3n) is 5.07. The Morgan fingerprint density at radius 1 is 1.20 bits per heavy atom. The lowest BCUT2D eigenvalue weighted by Crippen LogP contribution is -3.13. The van der Waals surface area contributed by atoms with Gasteiger partial charge < -0.3 is 9.88 Å². The van der Waals surface area contributed by atoms with Gasteiger partial charge in [-0.2, -0.15) is 0 Å². The topological polar surface area (TPSA) is 50.2 Å². The Morgan fingerprint density at radius 2 is 1.92 bits per heavy atom. The van der Waals surface area contributed by atoms with Crippen LogP contribution in [0.4, 0.5) is 0 Å². The summed E-state index contributed by atoms with van der Waals surface area (Å²) in [5.41, 5.74) is 2.03. The van der Waals surface area contributed by atoms with Crippen LogP contribution in [-0.2, 0) is 6.54 Å². The molecule has 0 saturated carbocycles. The Balaban J connectivity index is 1.66. The summed E-state index contributed by atoms with van der Waals surface area (Å²) in [6, 6.07) is 10.1. The van der Waals surface area contributed by atoms with Gasteiger partial charge in [0.05, 0.1) is 18.5 Å². The molecule has 1 aromatic carbocycles. The van der Waals surface area contributed by atoms with Gasteiger partial charge in [0.1, 0.15) is 11.4 Å². The minimum atomic E-state index is -0.0161. The maximum absolute atomic E-state index is 12.7. The Bertz CT molecular complexity index is 921. The second-order valence-corrected chi connectivity index (χ2v) is 8.35. The number of fused-ring (bicyclic) bond motifs is 1. The third kappa shape index (κ3) is 3.39. The molecule has 130 valence electrons. The van der Waals surface area contributed by atoms with E-state index in [1.165, 1.54) is 11.3 Å². The fourth-order valence-electron chi connectivity index (χ4n) is 4.21. The van der Waals surface area contributed by atoms with Crippen molar-refractivity contribution in [3.8, 4) is 11.1 Å². The molecule has 0 spiro atoms. The van der Waals surface area contributed by atoms with Crippen molar-refractivity contribution in [3.63, 3.8) is 0 Å². The molecular weight excluding hydrogens is 330 g/mol. The second kappa shape index (κ2) is 6.73. The highest BCUT2D eigenvalue weighted by atomic mass is 32.1. The van der Waals surface area contributed by atoms with Crippen LogP contribution in [0, 0.1) is 11.8 Å². The van der Waals surface area contributed by atoms with Gasteiger partial charge in [-0.3, -0.25) is 4.79 Å². The normalized spacial score (nSPS) is 23.8. The first-order valence-corrected chi connectivity index (χ1v) is 9.87. The summed E-state index contributed by atoms with van der Waals surface area (Å²) in [4.78, 5) is 22.9. The Hall–Kier alpha value is -1.98. The predicted molar refractivity (Wildman–Crippen MR) is 103 cm³/mol. The molecule has 4 nitrogen and oxygen atoms in total. The van der Waals surface area contributed by atoms with Gasteiger partial charge in [0.2, 0.25) is 0 Å². The van der Waals surface area contributed by atoms with Crippen molar-refractivity contribution >= 4 is 21.6 Å². The van der Waals surface area contributed by atoms with E-state index in [4.69, 9.17) is 4.98 Å². The number of aromatic nitrogens is 2. The van der Waals surface area contributed by atoms with Crippen molar-refractivity contribution in [1.82, 2.24) is 9.97 Å². The van der Waals surface area contributed by atoms with Gasteiger partial charge >= 0.3 is 0 Å². The van der Waals surface area contributed by atoms with E-state index in [9.17, 15) is 4.79 Å². The Labute approximate surface area is 151 Å². The SMILES string of the molecule is C[C@@H]1C[C@H](C)C[NH+](Cc2nc3scc(-c4ccccc4)c3c(=O)[nH]2)C1. The van der Waals surface area contributed by atoms with Crippen LogP contribution in [0.15, 0.2) is 40.5 Å². The number of aromatic amines is 1. The van der Waals surface area contributed by atoms with Crippen molar-refractivity contribution in [2.75, 3.05) is 13.1 Å². The lowest BCUT2D eigenvalue weighted by molar-refractivity contribution is -0.926. The van der Waals surface area contributed by atoms with Gasteiger partial charge in [-0.15, -0.1) is 11.3 Å². The third-order valence-corrected chi connectivity index (χ3v) is 5.95. The molecule has 25 heavy (non-hydrogen) atoms. The van der Waals surface area contributed by atoms with Crippen LogP contribution in [0.25, 0.3) is 21.3 Å². The molecule has 1 unspecified atom stereocenters. The van der Waals surface area contributed by atoms with Gasteiger partial charge in [-0.1, -0.05) is 44.2 Å². The molecule has 3 heterocycles. The van der Waals surface area contributed by atoms with Crippen molar-refractivity contribution in [2.24, 2.45) is 11.8 Å². The number of hydrogen-bond donors (Lipinski definition) is 2. The highest BCUT2D eigenvalue weighted by Crippen LogP contribution is 2.30. The van der Waals surface area contributed by atoms with Gasteiger partial charge in [0, 0.05) is 22.8 Å². The van der Waals surface area contributed by atoms with E-state index in [1.54, 1.807) is 11.3 Å². The standard InChI is InChI=1S/C20H23N3OS/c1-13-8-14(2)10-23(9-13)11-17-21-19(24)18-16(12-25-20(18)22-17)15-6-4-3-5-7-15/h3-7,12-14H,8-11H2,1-2H3,(H,21,22,24)/p+1/t13-,14+. The van der Waals surface area contributed by atoms with Crippen LogP contribution in [0.3, 0.4) is 0 Å². The lowest BCUT2D eigenvalue weighted by Gasteiger charge is -2.31. The number of thiophene rings is 1. The molecule has 4 rings (SSSR count). The fourth-order valence-corrected chi connectivity index (χ4v) is 5.18. The summed E-state index contributed by atoms with van der Waals surface area (Å²) in [7, 11) is 0. The van der Waals surface area contributed by atoms with E-state index >= 15 is 0 Å². The van der Waals surface area contributed by atoms with Crippen LogP contribution < -0.4 is 10.5 Å². The van der Waals surface area contributed by atoms with E-state index in [2.05, 4.69) is 18.8 Å². The number of H-pyrrole nitrogens is 1. The molecule has 1 saturated heterocycles. The van der Waals surface area contributed by atoms with Crippen LogP contribution in [0.1, 0.15) is 26.1 Å². The zero-order valence-electron chi connectivity index (χ0n) is 14.7. The van der Waals surface area contributed by atoms with E-state index in [0.29, 0.717) is 0 Å². The molecule has 0 amide bonds. The molecule has 2 aromatic heterocycles. The van der Waals surface area contributed by atoms with E-state index in [1.807, 2.05) is 35.7 Å². The van der Waals surface area contributed by atoms with Gasteiger partial charge in [-0.05, 0) is 12.0 Å². The summed E-state index contributed by atoms with van der Waals surface area (Å²) in [5.74, 6) is 2.29. The first kappa shape index (κ1) is 16.5. The molecule has 5 heteroatoms. The first-order valence-electron chi connectivity index (χ1n) is 8.99. The van der Waals surface area contributed by atoms with Gasteiger partial charge in [0.15, 0.2) is 5.82 Å². The number of benzene rings is 1. The monoisotopic (exact) mass is 354 g/mol. The number of nitrogens with one attached hydrogen (secondary N) is 2. The molecule has 0 radical (unpaired) electrons. The summed E-state index contributed by atoms with van der Waals surface area (Å²) in [6.45, 7) is 7.76. The summed E-state index contributed by atoms with van der Waals surface area (Å²) in [6.07, 6.45) is 1.30. The molecule has 2 N–H and O–H groups in total. The number of hydrogen-bond acceptors (Lipinski definition) is 3. The number of piperidine rings is 1. The summed E-state index contributed by atoms with van der Waals surface area (Å²) < 4.78 is 0. The van der Waals surface area contributed by atoms with Crippen molar-refractivity contribution < 1.29 is 4.90 Å². The Kier molecular flexibility index (Phi) is 4.44. The van der Waals surface area contributed by atoms with Crippen LogP contribution in [0.5, 0.6) is 0 Å². The minimum absolute atomic E-state index is 0.0161. The Morgan fingerprint density at radius 3 is 2.64 bits per heavy atom. The lowest BCUT2D eigenvalue weighted by atomic mass is 9.92. The van der Waals surface area contributed by atoms with Crippen LogP contribution >= 0.6 is 11.3 Å². The summed E-state index contributed by atoms with van der Waals surface area (Å²) >= 11 is 1.56. The molecule has 1 aliphatic heterocycles. The zero-order chi connectivity index (χ0) is 17.4. The van der Waals surface area contributed by atoms with Gasteiger partial charge in [0.25, 0.3) is 5.56 Å². The zero-order valence-corrected chi connectivity index (χ0v) is 15.5. The quantitative estimate of drug-likeness (QED) is 0.760. The highest BCUT2D eigenvalue weighted by molar-refractivity contribution is 7.17. The minimum Gasteiger partial charge on any atom is -0.328 e. The fraction of sp³-hybridized carbons (Fsp3) is 0.400. The van der Waals surface area contributed by atoms with Gasteiger partial charge in [-0.25, -0.2) is 4.98 Å². The average molecular weight is 354 g/mol. The molecule has 0 aliphatic carbocycles. The van der Waals surface area contributed by atoms with E-state index < -0.39 is 0 Å². The second-order valence-electron chi connectivity index (χ2n) is 7.49. The average Bonchev–Trinajstić information content (AvgIpc) is 2.99. The summed E-state index contributed by atoms with van der Waals surface area (Å²) in [5, 5.41) is 2.76. The molecule has 0 bridgehead atoms. The number of nitrogens with zero attached hydrogens (tertiary/aromatic N) is 1. The molecule has 1 aliphatic rings. The first-order chi connectivity index (χ1) is 12.1. The van der Waals surface area contributed by atoms with Crippen molar-refractivity contribution in [2.45, 2.75) is 26.8 Å². The van der Waals surface area contributed by atoms with Crippen molar-refractivity contribution in [1.29, 1.82) is 0 Å². The number of likely N-dealkylation sites (tertiary alicyclic amines) is 1. The molecule has 1 fully saturated rings. The predicted octanol–water partition coefficient (Wildman–Crippen LogP) is 2.71. The maximum Gasteiger partial charge on any atom is 0.260 e. The number of rotatable bonds is 3. The van der Waals surface area contributed by atoms with Crippen LogP contribution in [0.2, 0.25) is 0 Å². The highest BCUT2D eigenvalue weighted by Gasteiger charge is 2.26. The molecular formula is C20H24N3OS+. The largest absolute Gasteiger partial charge is 0.328 e. The van der Waals surface area contributed by atoms with E-state index in [0.717, 1.165) is 58.6 Å². The molecule has 3 atom stereocenters. The van der Waals surface area contributed by atoms with Crippen LogP contribution in [-0.4, -0.2) is 23.1 Å². The smallest absolute Gasteiger partial charge is 0.260 e.